The van der Waals surface area contributed by atoms with E-state index in [4.69, 9.17) is 0 Å². The number of benzene rings is 1. The summed E-state index contributed by atoms with van der Waals surface area (Å²) in [6.07, 6.45) is -5.05. The largest absolute Gasteiger partial charge is 0.390 e. The van der Waals surface area contributed by atoms with Gasteiger partial charge in [-0.05, 0) is 18.1 Å². The van der Waals surface area contributed by atoms with Crippen LogP contribution in [0.25, 0.3) is 0 Å². The van der Waals surface area contributed by atoms with Gasteiger partial charge in [-0.2, -0.15) is 13.2 Å². The first-order chi connectivity index (χ1) is 10.8. The average molecular weight is 330 g/mol. The molecule has 1 rings (SSSR count). The van der Waals surface area contributed by atoms with Crippen molar-refractivity contribution in [3.63, 3.8) is 0 Å². The standard InChI is InChI=1S/C16H25F3N4/c1-12(2)14(23-13-7-5-4-6-8-13)11-22-15(20-3)21-10-9-16(17,18)19/h4-8,12,14,23H,9-11H2,1-3H3,(H2,20,21,22). The average Bonchev–Trinajstić information content (AvgIpc) is 2.48. The van der Waals surface area contributed by atoms with E-state index in [1.54, 1.807) is 0 Å². The number of halogens is 3. The molecule has 3 N–H and O–H groups in total. The number of para-hydroxylation sites is 1. The van der Waals surface area contributed by atoms with Gasteiger partial charge in [-0.25, -0.2) is 0 Å². The molecular formula is C16H25F3N4. The molecule has 4 nitrogen and oxygen atoms in total. The summed E-state index contributed by atoms with van der Waals surface area (Å²) in [4.78, 5) is 3.95. The highest BCUT2D eigenvalue weighted by Crippen LogP contribution is 2.18. The van der Waals surface area contributed by atoms with Gasteiger partial charge < -0.3 is 16.0 Å². The number of aliphatic imine (C=N–C) groups is 1. The maximum Gasteiger partial charge on any atom is 0.390 e. The van der Waals surface area contributed by atoms with Gasteiger partial charge >= 0.3 is 6.18 Å². The molecule has 0 aliphatic rings. The van der Waals surface area contributed by atoms with E-state index < -0.39 is 12.6 Å². The molecule has 7 heteroatoms. The number of guanidine groups is 1. The van der Waals surface area contributed by atoms with E-state index in [0.29, 0.717) is 18.4 Å². The first kappa shape index (κ1) is 19.1. The molecule has 1 aromatic carbocycles. The summed E-state index contributed by atoms with van der Waals surface area (Å²) in [5.41, 5.74) is 1.01. The summed E-state index contributed by atoms with van der Waals surface area (Å²) in [6, 6.07) is 9.92. The van der Waals surface area contributed by atoms with Crippen molar-refractivity contribution in [1.82, 2.24) is 10.6 Å². The molecule has 1 unspecified atom stereocenters. The first-order valence-corrected chi connectivity index (χ1v) is 7.64. The van der Waals surface area contributed by atoms with Gasteiger partial charge in [0.1, 0.15) is 0 Å². The molecule has 0 fully saturated rings. The minimum absolute atomic E-state index is 0.124. The van der Waals surface area contributed by atoms with Crippen molar-refractivity contribution >= 4 is 11.6 Å². The third-order valence-electron chi connectivity index (χ3n) is 3.34. The normalized spacial score (nSPS) is 13.8. The molecule has 0 saturated carbocycles. The Balaban J connectivity index is 2.47. The highest BCUT2D eigenvalue weighted by molar-refractivity contribution is 5.79. The van der Waals surface area contributed by atoms with E-state index in [2.05, 4.69) is 34.8 Å². The molecule has 130 valence electrons. The first-order valence-electron chi connectivity index (χ1n) is 7.64. The second-order valence-corrected chi connectivity index (χ2v) is 5.61. The minimum Gasteiger partial charge on any atom is -0.380 e. The third kappa shape index (κ3) is 8.32. The quantitative estimate of drug-likeness (QED) is 0.531. The number of anilines is 1. The number of nitrogens with one attached hydrogen (secondary N) is 3. The van der Waals surface area contributed by atoms with E-state index in [9.17, 15) is 13.2 Å². The Morgan fingerprint density at radius 3 is 2.30 bits per heavy atom. The van der Waals surface area contributed by atoms with Crippen LogP contribution in [0, 0.1) is 5.92 Å². The van der Waals surface area contributed by atoms with Crippen LogP contribution in [0.3, 0.4) is 0 Å². The number of nitrogens with zero attached hydrogens (tertiary/aromatic N) is 1. The lowest BCUT2D eigenvalue weighted by molar-refractivity contribution is -0.132. The smallest absolute Gasteiger partial charge is 0.380 e. The molecule has 0 aromatic heterocycles. The SMILES string of the molecule is CN=C(NCCC(F)(F)F)NCC(Nc1ccccc1)C(C)C. The lowest BCUT2D eigenvalue weighted by Crippen LogP contribution is -2.45. The van der Waals surface area contributed by atoms with Gasteiger partial charge in [0, 0.05) is 31.9 Å². The van der Waals surface area contributed by atoms with E-state index in [-0.39, 0.29) is 12.6 Å². The maximum atomic E-state index is 12.2. The summed E-state index contributed by atoms with van der Waals surface area (Å²) < 4.78 is 36.5. The van der Waals surface area contributed by atoms with Crippen LogP contribution in [-0.2, 0) is 0 Å². The zero-order valence-electron chi connectivity index (χ0n) is 13.7. The predicted octanol–water partition coefficient (Wildman–Crippen LogP) is 3.24. The van der Waals surface area contributed by atoms with E-state index in [0.717, 1.165) is 5.69 Å². The Labute approximate surface area is 135 Å². The Morgan fingerprint density at radius 1 is 1.13 bits per heavy atom. The Kier molecular flexibility index (Phi) is 7.71. The lowest BCUT2D eigenvalue weighted by Gasteiger charge is -2.25. The number of hydrogen-bond donors (Lipinski definition) is 3. The Morgan fingerprint density at radius 2 is 1.78 bits per heavy atom. The molecular weight excluding hydrogens is 305 g/mol. The monoisotopic (exact) mass is 330 g/mol. The zero-order valence-corrected chi connectivity index (χ0v) is 13.7. The van der Waals surface area contributed by atoms with Gasteiger partial charge in [0.25, 0.3) is 0 Å². The van der Waals surface area contributed by atoms with Crippen molar-refractivity contribution in [1.29, 1.82) is 0 Å². The molecule has 0 bridgehead atoms. The van der Waals surface area contributed by atoms with Crippen molar-refractivity contribution < 1.29 is 13.2 Å². The van der Waals surface area contributed by atoms with E-state index in [1.165, 1.54) is 7.05 Å². The van der Waals surface area contributed by atoms with Gasteiger partial charge in [-0.1, -0.05) is 32.0 Å². The van der Waals surface area contributed by atoms with Crippen molar-refractivity contribution in [2.24, 2.45) is 10.9 Å². The molecule has 1 aromatic rings. The second-order valence-electron chi connectivity index (χ2n) is 5.61. The van der Waals surface area contributed by atoms with Gasteiger partial charge in [-0.15, -0.1) is 0 Å². The highest BCUT2D eigenvalue weighted by Gasteiger charge is 2.26. The number of hydrogen-bond acceptors (Lipinski definition) is 2. The fraction of sp³-hybridized carbons (Fsp3) is 0.562. The Bertz CT molecular complexity index is 472. The highest BCUT2D eigenvalue weighted by atomic mass is 19.4. The Hall–Kier alpha value is -1.92. The molecule has 1 atom stereocenters. The predicted molar refractivity (Wildman–Crippen MR) is 88.7 cm³/mol. The molecule has 0 saturated heterocycles. The van der Waals surface area contributed by atoms with Crippen molar-refractivity contribution in [3.05, 3.63) is 30.3 Å². The van der Waals surface area contributed by atoms with Crippen LogP contribution >= 0.6 is 0 Å². The van der Waals surface area contributed by atoms with Crippen LogP contribution in [0.1, 0.15) is 20.3 Å². The van der Waals surface area contributed by atoms with Crippen molar-refractivity contribution in [2.75, 3.05) is 25.5 Å². The summed E-state index contributed by atoms with van der Waals surface area (Å²) in [5, 5.41) is 9.15. The number of alkyl halides is 3. The minimum atomic E-state index is -4.17. The van der Waals surface area contributed by atoms with E-state index >= 15 is 0 Å². The van der Waals surface area contributed by atoms with Crippen LogP contribution in [0.5, 0.6) is 0 Å². The van der Waals surface area contributed by atoms with E-state index in [1.807, 2.05) is 30.3 Å². The molecule has 0 aliphatic heterocycles. The number of rotatable bonds is 7. The van der Waals surface area contributed by atoms with Crippen molar-refractivity contribution in [2.45, 2.75) is 32.5 Å². The molecule has 0 aliphatic carbocycles. The van der Waals surface area contributed by atoms with Crippen molar-refractivity contribution in [3.8, 4) is 0 Å². The summed E-state index contributed by atoms with van der Waals surface area (Å²) in [5.74, 6) is 0.714. The molecule has 0 spiro atoms. The van der Waals surface area contributed by atoms with Crippen LogP contribution in [0.15, 0.2) is 35.3 Å². The third-order valence-corrected chi connectivity index (χ3v) is 3.34. The molecule has 0 amide bonds. The lowest BCUT2D eigenvalue weighted by atomic mass is 10.0. The van der Waals surface area contributed by atoms with Crippen LogP contribution in [-0.4, -0.2) is 38.3 Å². The maximum absolute atomic E-state index is 12.2. The fourth-order valence-electron chi connectivity index (χ4n) is 1.95. The topological polar surface area (TPSA) is 48.5 Å². The van der Waals surface area contributed by atoms with Gasteiger partial charge in [-0.3, -0.25) is 4.99 Å². The van der Waals surface area contributed by atoms with Gasteiger partial charge in [0.15, 0.2) is 5.96 Å². The zero-order chi connectivity index (χ0) is 17.3. The summed E-state index contributed by atoms with van der Waals surface area (Å²) in [6.45, 7) is 4.53. The molecule has 23 heavy (non-hydrogen) atoms. The van der Waals surface area contributed by atoms with Gasteiger partial charge in [0.2, 0.25) is 0 Å². The van der Waals surface area contributed by atoms with Crippen LogP contribution in [0.2, 0.25) is 0 Å². The summed E-state index contributed by atoms with van der Waals surface area (Å²) >= 11 is 0. The summed E-state index contributed by atoms with van der Waals surface area (Å²) in [7, 11) is 1.54. The molecule has 0 heterocycles. The van der Waals surface area contributed by atoms with Crippen LogP contribution in [0.4, 0.5) is 18.9 Å². The fourth-order valence-corrected chi connectivity index (χ4v) is 1.95. The second kappa shape index (κ2) is 9.27. The molecule has 0 radical (unpaired) electrons. The van der Waals surface area contributed by atoms with Gasteiger partial charge in [0.05, 0.1) is 6.42 Å². The van der Waals surface area contributed by atoms with Crippen LogP contribution < -0.4 is 16.0 Å².